The number of fused-ring (bicyclic) bond motifs is 1. The summed E-state index contributed by atoms with van der Waals surface area (Å²) >= 11 is 0. The third kappa shape index (κ3) is 23.0. The largest absolute Gasteiger partial charge is 0.393 e. The number of amides is 11. The second kappa shape index (κ2) is 39.9. The van der Waals surface area contributed by atoms with Gasteiger partial charge in [0.05, 0.1) is 30.0 Å². The summed E-state index contributed by atoms with van der Waals surface area (Å²) in [7, 11) is 8.68. The Morgan fingerprint density at radius 2 is 0.990 bits per heavy atom. The van der Waals surface area contributed by atoms with Gasteiger partial charge in [0, 0.05) is 94.0 Å². The van der Waals surface area contributed by atoms with Gasteiger partial charge in [-0.05, 0) is 113 Å². The molecule has 0 unspecified atom stereocenters. The van der Waals surface area contributed by atoms with Crippen LogP contribution in [0, 0.1) is 41.4 Å². The Kier molecular flexibility index (Phi) is 33.2. The topological polar surface area (TPSA) is 304 Å². The lowest BCUT2D eigenvalue weighted by Crippen LogP contribution is -2.62. The van der Waals surface area contributed by atoms with E-state index in [0.29, 0.717) is 49.9 Å². The molecular formula is C79H123N11O14. The van der Waals surface area contributed by atoms with Crippen LogP contribution in [0.1, 0.15) is 178 Å². The summed E-state index contributed by atoms with van der Waals surface area (Å²) in [5, 5.41) is 19.8. The lowest BCUT2D eigenvalue weighted by Gasteiger charge is -2.39. The van der Waals surface area contributed by atoms with Gasteiger partial charge in [0.15, 0.2) is 11.6 Å². The number of Topliss-reactive ketones (excluding diaryl/α,β-unsaturated/α-hetero) is 2. The molecule has 0 bridgehead atoms. The van der Waals surface area contributed by atoms with Crippen molar-refractivity contribution >= 4 is 76.5 Å². The number of piperidine rings is 1. The number of hydrogen-bond donors (Lipinski definition) is 4. The van der Waals surface area contributed by atoms with Gasteiger partial charge in [-0.15, -0.1) is 0 Å². The molecule has 25 nitrogen and oxygen atoms in total. The summed E-state index contributed by atoms with van der Waals surface area (Å²) in [4.78, 5) is 206. The highest BCUT2D eigenvalue weighted by atomic mass is 16.3. The maximum Gasteiger partial charge on any atom is 0.246 e. The molecule has 3 fully saturated rings. The van der Waals surface area contributed by atoms with Crippen LogP contribution in [0.5, 0.6) is 0 Å². The zero-order valence-electron chi connectivity index (χ0n) is 65.5. The summed E-state index contributed by atoms with van der Waals surface area (Å²) in [6.07, 6.45) is 0.584. The standard InChI is InChI=1S/C79H123N11O14/c1-20-51(10)68-79(104)90-38-30-35-60(90)76(101)88(19)69(50(8)9)66(93)44-57(73(98)89-36-28-23-29-37-89)45-67(94)80-52(11)65(92)46-58(54(13)91)74(99)83(14)53(12)72(97)84(15)61(40-48(4)5)70(95)81-59(39-47(2)3)75(100)86(17)63(41-49(6)7)77(102)87(18)64(43-56-33-26-22-27-34-56)78(103)85(16)62(71(96)82-68)42-55-31-24-21-25-32-55/h21-22,24-27,31-34,47-54,57-64,68-69,91H,20,23,28-30,35-46H2,1-19H3,(H,80,94)(H,81,95)(H,82,96)/t51-,52-,53-,54+,57-,58-,59-,60-,61-,62-,63-,64-,68-,69-/m0/s1. The van der Waals surface area contributed by atoms with E-state index < -0.39 is 186 Å². The van der Waals surface area contributed by atoms with Gasteiger partial charge < -0.3 is 60.3 Å². The Hall–Kier alpha value is -8.09. The first-order valence-corrected chi connectivity index (χ1v) is 37.8. The smallest absolute Gasteiger partial charge is 0.246 e. The van der Waals surface area contributed by atoms with Gasteiger partial charge in [-0.3, -0.25) is 62.3 Å². The molecule has 3 heterocycles. The molecule has 2 aromatic rings. The van der Waals surface area contributed by atoms with Crippen molar-refractivity contribution in [1.29, 1.82) is 0 Å². The van der Waals surface area contributed by atoms with Crippen LogP contribution in [0.2, 0.25) is 0 Å². The molecule has 3 saturated heterocycles. The number of carbonyl (C=O) groups excluding carboxylic acids is 13. The number of aliphatic hydroxyl groups is 1. The first kappa shape index (κ1) is 86.6. The van der Waals surface area contributed by atoms with Crippen molar-refractivity contribution in [3.63, 3.8) is 0 Å². The Morgan fingerprint density at radius 1 is 0.490 bits per heavy atom. The number of benzene rings is 2. The molecule has 11 amide bonds. The molecule has 0 radical (unpaired) electrons. The Bertz CT molecular complexity index is 3290. The second-order valence-corrected chi connectivity index (χ2v) is 31.3. The number of ketones is 2. The lowest BCUT2D eigenvalue weighted by atomic mass is 9.88. The molecule has 0 spiro atoms. The van der Waals surface area contributed by atoms with Gasteiger partial charge in [0.2, 0.25) is 65.0 Å². The third-order valence-corrected chi connectivity index (χ3v) is 21.4. The fourth-order valence-corrected chi connectivity index (χ4v) is 14.7. The molecule has 578 valence electrons. The van der Waals surface area contributed by atoms with Gasteiger partial charge in [-0.25, -0.2) is 0 Å². The maximum absolute atomic E-state index is 15.8. The minimum absolute atomic E-state index is 0.0271. The highest BCUT2D eigenvalue weighted by molar-refractivity contribution is 6.01. The zero-order valence-corrected chi connectivity index (χ0v) is 65.5. The van der Waals surface area contributed by atoms with Crippen LogP contribution in [-0.4, -0.2) is 249 Å². The van der Waals surface area contributed by atoms with Crippen molar-refractivity contribution < 1.29 is 67.4 Å². The first-order valence-electron chi connectivity index (χ1n) is 37.8. The molecule has 5 rings (SSSR count). The number of likely N-dealkylation sites (N-methyl/N-ethyl adjacent to an activating group) is 6. The minimum atomic E-state index is -1.44. The summed E-state index contributed by atoms with van der Waals surface area (Å²) in [5.74, 6) is -12.4. The first-order chi connectivity index (χ1) is 48.8. The summed E-state index contributed by atoms with van der Waals surface area (Å²) in [6.45, 7) is 23.5. The third-order valence-electron chi connectivity index (χ3n) is 21.4. The average Bonchev–Trinajstić information content (AvgIpc) is 1.76. The Balaban J connectivity index is 1.68. The lowest BCUT2D eigenvalue weighted by molar-refractivity contribution is -0.153. The van der Waals surface area contributed by atoms with Crippen molar-refractivity contribution in [2.24, 2.45) is 41.4 Å². The van der Waals surface area contributed by atoms with Gasteiger partial charge in [-0.2, -0.15) is 0 Å². The van der Waals surface area contributed by atoms with Crippen LogP contribution in [-0.2, 0) is 75.2 Å². The molecule has 4 N–H and O–H groups in total. The quantitative estimate of drug-likeness (QED) is 0.166. The molecule has 104 heavy (non-hydrogen) atoms. The number of carbonyl (C=O) groups is 13. The van der Waals surface area contributed by atoms with Crippen LogP contribution < -0.4 is 16.0 Å². The number of likely N-dealkylation sites (tertiary alicyclic amines) is 1. The van der Waals surface area contributed by atoms with E-state index in [4.69, 9.17) is 0 Å². The van der Waals surface area contributed by atoms with Gasteiger partial charge in [-0.1, -0.05) is 136 Å². The molecule has 3 aliphatic heterocycles. The van der Waals surface area contributed by atoms with E-state index in [1.54, 1.807) is 43.0 Å². The van der Waals surface area contributed by atoms with E-state index in [0.717, 1.165) is 11.3 Å². The van der Waals surface area contributed by atoms with Crippen molar-refractivity contribution in [3.05, 3.63) is 71.8 Å². The van der Waals surface area contributed by atoms with Crippen LogP contribution in [0.3, 0.4) is 0 Å². The number of aliphatic hydroxyl groups excluding tert-OH is 1. The minimum Gasteiger partial charge on any atom is -0.393 e. The number of nitrogens with one attached hydrogen (secondary N) is 3. The van der Waals surface area contributed by atoms with E-state index in [1.165, 1.54) is 92.5 Å². The second-order valence-electron chi connectivity index (χ2n) is 31.3. The monoisotopic (exact) mass is 1450 g/mol. The predicted octanol–water partition coefficient (Wildman–Crippen LogP) is 5.71. The molecule has 14 atom stereocenters. The van der Waals surface area contributed by atoms with Crippen molar-refractivity contribution in [3.8, 4) is 0 Å². The average molecular weight is 1450 g/mol. The summed E-state index contributed by atoms with van der Waals surface area (Å²) in [6, 6.07) is 5.86. The van der Waals surface area contributed by atoms with Crippen LogP contribution in [0.25, 0.3) is 0 Å². The van der Waals surface area contributed by atoms with Gasteiger partial charge in [0.25, 0.3) is 0 Å². The number of nitrogens with zero attached hydrogens (tertiary/aromatic N) is 8. The van der Waals surface area contributed by atoms with E-state index in [-0.39, 0.29) is 62.8 Å². The highest BCUT2D eigenvalue weighted by Gasteiger charge is 2.47. The van der Waals surface area contributed by atoms with Crippen LogP contribution in [0.4, 0.5) is 0 Å². The fraction of sp³-hybridized carbons (Fsp3) is 0.684. The molecule has 0 saturated carbocycles. The Labute approximate surface area is 618 Å². The van der Waals surface area contributed by atoms with Gasteiger partial charge >= 0.3 is 0 Å². The number of hydrogen-bond acceptors (Lipinski definition) is 14. The van der Waals surface area contributed by atoms with Crippen molar-refractivity contribution in [1.82, 2.24) is 55.1 Å². The maximum atomic E-state index is 15.8. The molecular weight excluding hydrogens is 1330 g/mol. The highest BCUT2D eigenvalue weighted by Crippen LogP contribution is 2.30. The van der Waals surface area contributed by atoms with Crippen molar-refractivity contribution in [2.75, 3.05) is 61.9 Å². The Morgan fingerprint density at radius 3 is 1.52 bits per heavy atom. The van der Waals surface area contributed by atoms with E-state index in [1.807, 2.05) is 91.8 Å². The normalized spacial score (nSPS) is 27.3. The molecule has 2 aromatic carbocycles. The van der Waals surface area contributed by atoms with Crippen LogP contribution >= 0.6 is 0 Å². The van der Waals surface area contributed by atoms with Gasteiger partial charge in [0.1, 0.15) is 48.3 Å². The molecule has 25 heteroatoms. The van der Waals surface area contributed by atoms with Crippen LogP contribution in [0.15, 0.2) is 60.7 Å². The van der Waals surface area contributed by atoms with E-state index in [9.17, 15) is 38.7 Å². The van der Waals surface area contributed by atoms with E-state index >= 15 is 28.8 Å². The number of rotatable bonds is 15. The molecule has 3 aliphatic rings. The molecule has 0 aromatic heterocycles. The molecule has 0 aliphatic carbocycles. The zero-order chi connectivity index (χ0) is 77.9. The van der Waals surface area contributed by atoms with Crippen molar-refractivity contribution in [2.45, 2.75) is 246 Å². The summed E-state index contributed by atoms with van der Waals surface area (Å²) in [5.41, 5.74) is 1.36. The SMILES string of the molecule is CC[C@H](C)[C@@H]1NC(=O)[C@H](Cc2ccccc2)N(C)C(=O)[C@H](Cc2ccccc2)N(C)C(=O)[C@H](CC(C)C)N(C)C(=O)[C@H](CC(C)C)NC(=O)[C@H](CC(C)C)N(C)C(=O)[C@H](C)N(C)C(=O)[C@H]([C@@H](C)O)CC(=O)[C@H](C)NC(=O)C[C@@H](C(=O)N2CCCCC2)CC(=O)[C@H](C(C)C)N(C)C(=O)[C@@H]2CCCN2C1=O. The fourth-order valence-electron chi connectivity index (χ4n) is 14.7. The summed E-state index contributed by atoms with van der Waals surface area (Å²) < 4.78 is 0. The predicted molar refractivity (Wildman–Crippen MR) is 397 cm³/mol. The van der Waals surface area contributed by atoms with E-state index in [2.05, 4.69) is 16.0 Å².